The lowest BCUT2D eigenvalue weighted by molar-refractivity contribution is -0.704. The van der Waals surface area contributed by atoms with Crippen LogP contribution in [0.15, 0.2) is 66.9 Å². The van der Waals surface area contributed by atoms with E-state index < -0.39 is 11.8 Å². The van der Waals surface area contributed by atoms with Crippen molar-refractivity contribution in [1.29, 1.82) is 0 Å². The van der Waals surface area contributed by atoms with Crippen molar-refractivity contribution in [3.63, 3.8) is 0 Å². The van der Waals surface area contributed by atoms with Crippen LogP contribution in [0.25, 0.3) is 0 Å². The topological polar surface area (TPSA) is 59.7 Å². The minimum Gasteiger partial charge on any atom is -0.496 e. The zero-order valence-electron chi connectivity index (χ0n) is 26.2. The molecule has 232 valence electrons. The fourth-order valence-electron chi connectivity index (χ4n) is 5.16. The van der Waals surface area contributed by atoms with Gasteiger partial charge < -0.3 is 9.47 Å². The van der Waals surface area contributed by atoms with Crippen molar-refractivity contribution in [2.24, 2.45) is 0 Å². The average Bonchev–Trinajstić information content (AvgIpc) is 3.03. The van der Waals surface area contributed by atoms with Gasteiger partial charge in [0.25, 0.3) is 11.8 Å². The number of imide groups is 1. The first-order valence-electron chi connectivity index (χ1n) is 15.9. The molecule has 6 nitrogen and oxygen atoms in total. The van der Waals surface area contributed by atoms with E-state index in [0.29, 0.717) is 34.3 Å². The Balaban J connectivity index is 1.66. The highest BCUT2D eigenvalue weighted by molar-refractivity contribution is 6.32. The van der Waals surface area contributed by atoms with Gasteiger partial charge in [0, 0.05) is 24.1 Å². The van der Waals surface area contributed by atoms with Crippen LogP contribution in [0.1, 0.15) is 111 Å². The molecule has 0 saturated carbocycles. The summed E-state index contributed by atoms with van der Waals surface area (Å²) in [6.07, 6.45) is 15.5. The number of pyridine rings is 1. The van der Waals surface area contributed by atoms with Gasteiger partial charge in [-0.3, -0.25) is 14.5 Å². The third kappa shape index (κ3) is 10.7. The zero-order chi connectivity index (χ0) is 30.9. The largest absolute Gasteiger partial charge is 0.496 e. The minimum atomic E-state index is -0.439. The highest BCUT2D eigenvalue weighted by Crippen LogP contribution is 2.28. The number of hydrogen-bond donors (Lipinski definition) is 0. The molecule has 0 unspecified atom stereocenters. The van der Waals surface area contributed by atoms with Crippen molar-refractivity contribution in [1.82, 2.24) is 4.90 Å². The van der Waals surface area contributed by atoms with Crippen molar-refractivity contribution in [2.75, 3.05) is 13.7 Å². The second-order valence-corrected chi connectivity index (χ2v) is 11.4. The number of rotatable bonds is 19. The number of carbonyl (C=O) groups excluding carboxylic acids is 2. The fourth-order valence-corrected chi connectivity index (χ4v) is 5.39. The molecule has 3 rings (SSSR count). The van der Waals surface area contributed by atoms with Crippen molar-refractivity contribution < 1.29 is 23.6 Å². The summed E-state index contributed by atoms with van der Waals surface area (Å²) in [6, 6.07) is 17.7. The van der Waals surface area contributed by atoms with Crippen molar-refractivity contribution in [3.8, 4) is 11.5 Å². The van der Waals surface area contributed by atoms with Crippen LogP contribution in [0.3, 0.4) is 0 Å². The molecule has 2 aromatic carbocycles. The van der Waals surface area contributed by atoms with Gasteiger partial charge in [-0.1, -0.05) is 101 Å². The standard InChI is InChI=1S/C36H48ClN2O4/c1-4-6-7-8-9-10-11-12-13-18-26-43-34-23-22-29(27-32(34)37)35(40)39(28-30-19-16-17-25-38(30)24-5-2)36(41)31-20-14-15-21-33(31)42-3/h14-17,19-23,25,27H,4-13,18,24,26,28H2,1-3H3/q+1. The van der Waals surface area contributed by atoms with Crippen LogP contribution >= 0.6 is 11.6 Å². The lowest BCUT2D eigenvalue weighted by Crippen LogP contribution is -2.44. The normalized spacial score (nSPS) is 10.9. The molecule has 0 saturated heterocycles. The first-order valence-corrected chi connectivity index (χ1v) is 16.3. The fraction of sp³-hybridized carbons (Fsp3) is 0.472. The predicted octanol–water partition coefficient (Wildman–Crippen LogP) is 8.83. The van der Waals surface area contributed by atoms with Crippen molar-refractivity contribution in [3.05, 3.63) is 88.7 Å². The van der Waals surface area contributed by atoms with E-state index in [1.165, 1.54) is 63.4 Å². The smallest absolute Gasteiger partial charge is 0.265 e. The molecule has 3 aromatic rings. The summed E-state index contributed by atoms with van der Waals surface area (Å²) in [5.41, 5.74) is 1.49. The molecule has 0 radical (unpaired) electrons. The number of aromatic nitrogens is 1. The van der Waals surface area contributed by atoms with Crippen LogP contribution in [0.5, 0.6) is 11.5 Å². The number of para-hydroxylation sites is 1. The summed E-state index contributed by atoms with van der Waals surface area (Å²) in [5, 5.41) is 0.350. The van der Waals surface area contributed by atoms with E-state index >= 15 is 0 Å². The van der Waals surface area contributed by atoms with Gasteiger partial charge in [0.05, 0.1) is 24.3 Å². The number of amides is 2. The minimum absolute atomic E-state index is 0.102. The number of carbonyl (C=O) groups is 2. The van der Waals surface area contributed by atoms with Gasteiger partial charge in [-0.15, -0.1) is 0 Å². The lowest BCUT2D eigenvalue weighted by Gasteiger charge is -2.21. The molecule has 0 aliphatic heterocycles. The SMILES string of the molecule is CCCCCCCCCCCCOc1ccc(C(=O)N(Cc2cccc[n+]2CCC)C(=O)c2ccccc2OC)cc1Cl. The van der Waals surface area contributed by atoms with Gasteiger partial charge in [0.15, 0.2) is 6.20 Å². The summed E-state index contributed by atoms with van der Waals surface area (Å²) in [6.45, 7) is 5.80. The molecule has 0 aliphatic rings. The maximum atomic E-state index is 13.9. The number of hydrogen-bond acceptors (Lipinski definition) is 4. The summed E-state index contributed by atoms with van der Waals surface area (Å²) in [7, 11) is 1.51. The number of nitrogens with zero attached hydrogens (tertiary/aromatic N) is 2. The Kier molecular flexibility index (Phi) is 15.1. The molecule has 7 heteroatoms. The van der Waals surface area contributed by atoms with E-state index in [1.807, 2.05) is 24.4 Å². The van der Waals surface area contributed by atoms with Crippen molar-refractivity contribution >= 4 is 23.4 Å². The Morgan fingerprint density at radius 3 is 2.12 bits per heavy atom. The van der Waals surface area contributed by atoms with Crippen molar-refractivity contribution in [2.45, 2.75) is 97.6 Å². The quantitative estimate of drug-likeness (QED) is 0.0776. The molecule has 2 amide bonds. The second kappa shape index (κ2) is 19.0. The molecule has 1 aromatic heterocycles. The molecule has 0 spiro atoms. The third-order valence-corrected chi connectivity index (χ3v) is 7.88. The van der Waals surface area contributed by atoms with Crippen LogP contribution in [0.2, 0.25) is 5.02 Å². The molecular weight excluding hydrogens is 560 g/mol. The highest BCUT2D eigenvalue weighted by atomic mass is 35.5. The molecule has 0 N–H and O–H groups in total. The van der Waals surface area contributed by atoms with Gasteiger partial charge in [-0.05, 0) is 36.8 Å². The zero-order valence-corrected chi connectivity index (χ0v) is 26.9. The van der Waals surface area contributed by atoms with Gasteiger partial charge in [0.2, 0.25) is 5.69 Å². The second-order valence-electron chi connectivity index (χ2n) is 11.0. The van der Waals surface area contributed by atoms with E-state index in [9.17, 15) is 9.59 Å². The van der Waals surface area contributed by atoms with Crippen LogP contribution in [-0.2, 0) is 13.1 Å². The first kappa shape index (κ1) is 34.1. The highest BCUT2D eigenvalue weighted by Gasteiger charge is 2.29. The molecule has 0 atom stereocenters. The summed E-state index contributed by atoms with van der Waals surface area (Å²) in [5.74, 6) is 0.0758. The number of methoxy groups -OCH3 is 1. The van der Waals surface area contributed by atoms with E-state index in [0.717, 1.165) is 31.5 Å². The summed E-state index contributed by atoms with van der Waals surface area (Å²) >= 11 is 6.58. The predicted molar refractivity (Wildman–Crippen MR) is 173 cm³/mol. The number of halogens is 1. The average molecular weight is 608 g/mol. The number of benzene rings is 2. The summed E-state index contributed by atoms with van der Waals surface area (Å²) < 4.78 is 13.4. The van der Waals surface area contributed by atoms with Crippen LogP contribution < -0.4 is 14.0 Å². The molecule has 0 bridgehead atoms. The first-order chi connectivity index (χ1) is 21.0. The Bertz CT molecular complexity index is 1300. The Labute approximate surface area is 263 Å². The molecule has 1 heterocycles. The number of ether oxygens (including phenoxy) is 2. The monoisotopic (exact) mass is 607 g/mol. The van der Waals surface area contributed by atoms with Gasteiger partial charge in [-0.25, -0.2) is 4.57 Å². The van der Waals surface area contributed by atoms with Crippen LogP contribution in [0.4, 0.5) is 0 Å². The van der Waals surface area contributed by atoms with E-state index in [1.54, 1.807) is 42.5 Å². The third-order valence-electron chi connectivity index (χ3n) is 7.58. The molecule has 43 heavy (non-hydrogen) atoms. The van der Waals surface area contributed by atoms with Gasteiger partial charge >= 0.3 is 0 Å². The Hall–Kier alpha value is -3.38. The maximum absolute atomic E-state index is 13.9. The lowest BCUT2D eigenvalue weighted by atomic mass is 10.1. The Morgan fingerprint density at radius 2 is 1.44 bits per heavy atom. The van der Waals surface area contributed by atoms with Crippen LogP contribution in [-0.4, -0.2) is 30.4 Å². The molecule has 0 fully saturated rings. The van der Waals surface area contributed by atoms with Gasteiger partial charge in [0.1, 0.15) is 24.6 Å². The molecular formula is C36H48ClN2O4+. The van der Waals surface area contributed by atoms with Crippen LogP contribution in [0, 0.1) is 0 Å². The maximum Gasteiger partial charge on any atom is 0.265 e. The number of unbranched alkanes of at least 4 members (excludes halogenated alkanes) is 9. The summed E-state index contributed by atoms with van der Waals surface area (Å²) in [4.78, 5) is 29.0. The molecule has 0 aliphatic carbocycles. The van der Waals surface area contributed by atoms with E-state index in [-0.39, 0.29) is 6.54 Å². The van der Waals surface area contributed by atoms with E-state index in [4.69, 9.17) is 21.1 Å². The van der Waals surface area contributed by atoms with Gasteiger partial charge in [-0.2, -0.15) is 0 Å². The number of aryl methyl sites for hydroxylation is 1. The van der Waals surface area contributed by atoms with E-state index in [2.05, 4.69) is 18.4 Å². The Morgan fingerprint density at radius 1 is 0.767 bits per heavy atom.